The Hall–Kier alpha value is -0.110. The number of hydrogen-bond donors (Lipinski definition) is 0. The lowest BCUT2D eigenvalue weighted by Crippen LogP contribution is -2.48. The van der Waals surface area contributed by atoms with Gasteiger partial charge in [0.2, 0.25) is 0 Å². The normalized spacial score (nSPS) is 20.7. The number of alkyl halides is 1. The third-order valence-electron chi connectivity index (χ3n) is 2.27. The van der Waals surface area contributed by atoms with E-state index in [-0.39, 0.29) is 6.67 Å². The molecule has 0 aromatic carbocycles. The summed E-state index contributed by atoms with van der Waals surface area (Å²) in [6, 6.07) is 0. The van der Waals surface area contributed by atoms with Gasteiger partial charge in [0.05, 0.1) is 6.67 Å². The second-order valence-electron chi connectivity index (χ2n) is 3.96. The molecule has 1 nitrogen and oxygen atoms in total. The molecule has 0 N–H and O–H groups in total. The molecule has 1 saturated heterocycles. The van der Waals surface area contributed by atoms with Crippen LogP contribution >= 0.6 is 0 Å². The smallest absolute Gasteiger partial charge is 0.0947 e. The monoisotopic (exact) mass is 159 g/mol. The molecule has 1 rings (SSSR count). The Bertz CT molecular complexity index is 108. The van der Waals surface area contributed by atoms with E-state index in [9.17, 15) is 4.39 Å². The largest absolute Gasteiger partial charge is 0.302 e. The van der Waals surface area contributed by atoms with Crippen LogP contribution in [-0.2, 0) is 0 Å². The van der Waals surface area contributed by atoms with Crippen LogP contribution in [0.15, 0.2) is 0 Å². The lowest BCUT2D eigenvalue weighted by atomic mass is 10.0. The van der Waals surface area contributed by atoms with Crippen LogP contribution in [0.1, 0.15) is 20.3 Å². The SMILES string of the molecule is CC(C)CCN1CC(CF)C1. The first-order valence-corrected chi connectivity index (χ1v) is 4.50. The molecule has 0 aromatic rings. The first-order valence-electron chi connectivity index (χ1n) is 4.50. The standard InChI is InChI=1S/C9H18FN/c1-8(2)3-4-11-6-9(5-10)7-11/h8-9H,3-7H2,1-2H3. The summed E-state index contributed by atoms with van der Waals surface area (Å²) < 4.78 is 12.0. The molecule has 66 valence electrons. The Labute approximate surface area is 68.6 Å². The fourth-order valence-electron chi connectivity index (χ4n) is 1.40. The van der Waals surface area contributed by atoms with Gasteiger partial charge in [-0.05, 0) is 18.9 Å². The summed E-state index contributed by atoms with van der Waals surface area (Å²) in [7, 11) is 0. The molecule has 0 unspecified atom stereocenters. The van der Waals surface area contributed by atoms with Gasteiger partial charge in [-0.25, -0.2) is 0 Å². The van der Waals surface area contributed by atoms with Crippen molar-refractivity contribution in [1.82, 2.24) is 4.90 Å². The number of halogens is 1. The highest BCUT2D eigenvalue weighted by Crippen LogP contribution is 2.16. The maximum Gasteiger partial charge on any atom is 0.0947 e. The summed E-state index contributed by atoms with van der Waals surface area (Å²) >= 11 is 0. The van der Waals surface area contributed by atoms with Crippen molar-refractivity contribution in [3.63, 3.8) is 0 Å². The average Bonchev–Trinajstić information content (AvgIpc) is 1.84. The molecular weight excluding hydrogens is 141 g/mol. The van der Waals surface area contributed by atoms with Gasteiger partial charge in [0.25, 0.3) is 0 Å². The molecule has 0 radical (unpaired) electrons. The minimum absolute atomic E-state index is 0.127. The molecule has 0 saturated carbocycles. The van der Waals surface area contributed by atoms with Crippen LogP contribution in [-0.4, -0.2) is 31.2 Å². The van der Waals surface area contributed by atoms with Crippen molar-refractivity contribution >= 4 is 0 Å². The molecule has 1 heterocycles. The van der Waals surface area contributed by atoms with E-state index in [0.717, 1.165) is 25.6 Å². The van der Waals surface area contributed by atoms with Crippen molar-refractivity contribution in [3.05, 3.63) is 0 Å². The zero-order valence-corrected chi connectivity index (χ0v) is 7.52. The van der Waals surface area contributed by atoms with Gasteiger partial charge in [-0.1, -0.05) is 13.8 Å². The van der Waals surface area contributed by atoms with Crippen molar-refractivity contribution in [2.75, 3.05) is 26.3 Å². The van der Waals surface area contributed by atoms with Crippen LogP contribution in [0, 0.1) is 11.8 Å². The van der Waals surface area contributed by atoms with E-state index in [1.54, 1.807) is 0 Å². The van der Waals surface area contributed by atoms with E-state index >= 15 is 0 Å². The van der Waals surface area contributed by atoms with Crippen molar-refractivity contribution in [3.8, 4) is 0 Å². The van der Waals surface area contributed by atoms with Crippen molar-refractivity contribution in [2.24, 2.45) is 11.8 Å². The topological polar surface area (TPSA) is 3.24 Å². The van der Waals surface area contributed by atoms with Crippen LogP contribution in [0.5, 0.6) is 0 Å². The highest BCUT2D eigenvalue weighted by Gasteiger charge is 2.25. The molecule has 0 aliphatic carbocycles. The molecule has 1 fully saturated rings. The first-order chi connectivity index (χ1) is 5.22. The van der Waals surface area contributed by atoms with Gasteiger partial charge in [0.15, 0.2) is 0 Å². The predicted octanol–water partition coefficient (Wildman–Crippen LogP) is 1.93. The third kappa shape index (κ3) is 2.78. The summed E-state index contributed by atoms with van der Waals surface area (Å²) in [4.78, 5) is 2.34. The lowest BCUT2D eigenvalue weighted by Gasteiger charge is -2.38. The van der Waals surface area contributed by atoms with E-state index in [4.69, 9.17) is 0 Å². The summed E-state index contributed by atoms with van der Waals surface area (Å²) in [6.07, 6.45) is 1.25. The van der Waals surface area contributed by atoms with Crippen molar-refractivity contribution in [2.45, 2.75) is 20.3 Å². The molecule has 0 spiro atoms. The van der Waals surface area contributed by atoms with Gasteiger partial charge in [-0.2, -0.15) is 0 Å². The van der Waals surface area contributed by atoms with Crippen molar-refractivity contribution in [1.29, 1.82) is 0 Å². The molecular formula is C9H18FN. The van der Waals surface area contributed by atoms with E-state index < -0.39 is 0 Å². The predicted molar refractivity (Wildman–Crippen MR) is 45.4 cm³/mol. The summed E-state index contributed by atoms with van der Waals surface area (Å²) in [6.45, 7) is 7.47. The number of rotatable bonds is 4. The second-order valence-corrected chi connectivity index (χ2v) is 3.96. The third-order valence-corrected chi connectivity index (χ3v) is 2.27. The van der Waals surface area contributed by atoms with Crippen LogP contribution in [0.4, 0.5) is 4.39 Å². The van der Waals surface area contributed by atoms with Gasteiger partial charge in [-0.3, -0.25) is 4.39 Å². The van der Waals surface area contributed by atoms with Gasteiger partial charge < -0.3 is 4.90 Å². The molecule has 0 bridgehead atoms. The average molecular weight is 159 g/mol. The van der Waals surface area contributed by atoms with Crippen LogP contribution < -0.4 is 0 Å². The minimum atomic E-state index is -0.127. The number of nitrogens with zero attached hydrogens (tertiary/aromatic N) is 1. The Morgan fingerprint density at radius 1 is 1.45 bits per heavy atom. The first kappa shape index (κ1) is 8.98. The van der Waals surface area contributed by atoms with E-state index in [2.05, 4.69) is 18.7 Å². The van der Waals surface area contributed by atoms with Gasteiger partial charge >= 0.3 is 0 Å². The summed E-state index contributed by atoms with van der Waals surface area (Å²) in [5.74, 6) is 1.13. The fourth-order valence-corrected chi connectivity index (χ4v) is 1.40. The number of hydrogen-bond acceptors (Lipinski definition) is 1. The Kier molecular flexibility index (Phi) is 3.31. The molecule has 0 amide bonds. The van der Waals surface area contributed by atoms with E-state index in [1.165, 1.54) is 6.42 Å². The van der Waals surface area contributed by atoms with Crippen LogP contribution in [0.25, 0.3) is 0 Å². The highest BCUT2D eigenvalue weighted by molar-refractivity contribution is 4.78. The van der Waals surface area contributed by atoms with Gasteiger partial charge in [0.1, 0.15) is 0 Å². The molecule has 1 aliphatic rings. The summed E-state index contributed by atoms with van der Waals surface area (Å²) in [5.41, 5.74) is 0. The Balaban J connectivity index is 1.96. The van der Waals surface area contributed by atoms with Gasteiger partial charge in [-0.15, -0.1) is 0 Å². The zero-order chi connectivity index (χ0) is 8.27. The maximum atomic E-state index is 12.0. The lowest BCUT2D eigenvalue weighted by molar-refractivity contribution is 0.0765. The molecule has 2 heteroatoms. The van der Waals surface area contributed by atoms with E-state index in [0.29, 0.717) is 5.92 Å². The Morgan fingerprint density at radius 3 is 2.55 bits per heavy atom. The highest BCUT2D eigenvalue weighted by atomic mass is 19.1. The Morgan fingerprint density at radius 2 is 2.09 bits per heavy atom. The molecule has 11 heavy (non-hydrogen) atoms. The zero-order valence-electron chi connectivity index (χ0n) is 7.52. The van der Waals surface area contributed by atoms with Crippen LogP contribution in [0.3, 0.4) is 0 Å². The minimum Gasteiger partial charge on any atom is -0.302 e. The van der Waals surface area contributed by atoms with Crippen LogP contribution in [0.2, 0.25) is 0 Å². The fraction of sp³-hybridized carbons (Fsp3) is 1.00. The van der Waals surface area contributed by atoms with Gasteiger partial charge in [0, 0.05) is 19.0 Å². The molecule has 1 aliphatic heterocycles. The maximum absolute atomic E-state index is 12.0. The molecule has 0 atom stereocenters. The number of likely N-dealkylation sites (tertiary alicyclic amines) is 1. The van der Waals surface area contributed by atoms with Crippen molar-refractivity contribution < 1.29 is 4.39 Å². The van der Waals surface area contributed by atoms with E-state index in [1.807, 2.05) is 0 Å². The summed E-state index contributed by atoms with van der Waals surface area (Å²) in [5, 5.41) is 0. The second kappa shape index (κ2) is 4.05. The quantitative estimate of drug-likeness (QED) is 0.606. The molecule has 0 aromatic heterocycles.